The lowest BCUT2D eigenvalue weighted by Crippen LogP contribution is -2.35. The molecule has 0 bridgehead atoms. The van der Waals surface area contributed by atoms with E-state index in [2.05, 4.69) is 31.3 Å². The molecule has 9 nitrogen and oxygen atoms in total. The van der Waals surface area contributed by atoms with Gasteiger partial charge in [-0.2, -0.15) is 5.10 Å². The summed E-state index contributed by atoms with van der Waals surface area (Å²) in [5.74, 6) is 0.356. The molecule has 0 spiro atoms. The van der Waals surface area contributed by atoms with Gasteiger partial charge in [-0.3, -0.25) is 14.5 Å². The summed E-state index contributed by atoms with van der Waals surface area (Å²) in [6.45, 7) is 3.73. The number of amides is 1. The summed E-state index contributed by atoms with van der Waals surface area (Å²) in [6, 6.07) is 7.66. The molecule has 1 amide bonds. The number of benzene rings is 1. The Bertz CT molecular complexity index is 1300. The molecule has 0 saturated carbocycles. The zero-order valence-corrected chi connectivity index (χ0v) is 18.7. The first-order valence-corrected chi connectivity index (χ1v) is 11.0. The Balaban J connectivity index is 1.44. The van der Waals surface area contributed by atoms with Crippen LogP contribution in [0, 0.1) is 12.8 Å². The number of hydrogen-bond acceptors (Lipinski definition) is 7. The second-order valence-corrected chi connectivity index (χ2v) is 8.49. The average Bonchev–Trinajstić information content (AvgIpc) is 3.46. The van der Waals surface area contributed by atoms with Gasteiger partial charge < -0.3 is 19.7 Å². The van der Waals surface area contributed by atoms with E-state index in [-0.39, 0.29) is 18.2 Å². The molecule has 1 saturated heterocycles. The third-order valence-electron chi connectivity index (χ3n) is 6.21. The largest absolute Gasteiger partial charge is 0.444 e. The van der Waals surface area contributed by atoms with Crippen LogP contribution in [0.1, 0.15) is 29.0 Å². The van der Waals surface area contributed by atoms with Crippen molar-refractivity contribution in [1.82, 2.24) is 19.7 Å². The third-order valence-corrected chi connectivity index (χ3v) is 6.21. The monoisotopic (exact) mass is 446 g/mol. The smallest absolute Gasteiger partial charge is 0.277 e. The topological polar surface area (TPSA) is 109 Å². The first-order chi connectivity index (χ1) is 16.0. The number of oxazole rings is 1. The van der Waals surface area contributed by atoms with Crippen LogP contribution in [0.4, 0.5) is 11.4 Å². The van der Waals surface area contributed by atoms with E-state index in [0.717, 1.165) is 53.8 Å². The Morgan fingerprint density at radius 3 is 2.85 bits per heavy atom. The molecule has 0 atom stereocenters. The number of anilines is 2. The van der Waals surface area contributed by atoms with E-state index in [1.165, 1.54) is 6.26 Å². The van der Waals surface area contributed by atoms with Crippen LogP contribution >= 0.6 is 0 Å². The summed E-state index contributed by atoms with van der Waals surface area (Å²) in [5.41, 5.74) is 4.37. The van der Waals surface area contributed by atoms with Crippen LogP contribution in [0.15, 0.2) is 47.3 Å². The lowest BCUT2D eigenvalue weighted by Gasteiger charge is -2.34. The molecule has 4 aromatic rings. The maximum atomic E-state index is 13.1. The van der Waals surface area contributed by atoms with Crippen molar-refractivity contribution in [2.45, 2.75) is 19.8 Å². The Kier molecular flexibility index (Phi) is 5.55. The fourth-order valence-electron chi connectivity index (χ4n) is 4.28. The molecule has 170 valence electrons. The second-order valence-electron chi connectivity index (χ2n) is 8.49. The fraction of sp³-hybridized carbons (Fsp3) is 0.333. The molecule has 1 fully saturated rings. The highest BCUT2D eigenvalue weighted by Crippen LogP contribution is 2.34. The van der Waals surface area contributed by atoms with Crippen molar-refractivity contribution in [3.8, 4) is 11.5 Å². The summed E-state index contributed by atoms with van der Waals surface area (Å²) in [4.78, 5) is 23.9. The van der Waals surface area contributed by atoms with Crippen molar-refractivity contribution in [1.29, 1.82) is 0 Å². The number of carbonyl (C=O) groups is 1. The van der Waals surface area contributed by atoms with Gasteiger partial charge >= 0.3 is 0 Å². The molecule has 9 heteroatoms. The van der Waals surface area contributed by atoms with Crippen LogP contribution in [0.3, 0.4) is 0 Å². The molecule has 0 aliphatic carbocycles. The minimum atomic E-state index is -0.344. The molecule has 4 heterocycles. The summed E-state index contributed by atoms with van der Waals surface area (Å²) >= 11 is 0. The molecule has 1 aliphatic heterocycles. The maximum absolute atomic E-state index is 13.1. The van der Waals surface area contributed by atoms with Crippen LogP contribution in [-0.4, -0.2) is 50.5 Å². The van der Waals surface area contributed by atoms with Crippen molar-refractivity contribution in [3.63, 3.8) is 0 Å². The van der Waals surface area contributed by atoms with Crippen LogP contribution in [0.2, 0.25) is 0 Å². The summed E-state index contributed by atoms with van der Waals surface area (Å²) in [6.07, 6.45) is 6.70. The Morgan fingerprint density at radius 1 is 1.27 bits per heavy atom. The standard InChI is InChI=1S/C24H26N6O3/c1-15-9-17(3-6-25-15)24-28-20(14-33-24)23(32)27-19-11-21-18(12-26-29(21)2)10-22(19)30-7-4-16(13-31)5-8-30/h3,6,9-12,14,16,31H,4-5,7-8,13H2,1-2H3,(H,27,32). The van der Waals surface area contributed by atoms with Crippen LogP contribution < -0.4 is 10.2 Å². The van der Waals surface area contributed by atoms with Crippen molar-refractivity contribution in [2.24, 2.45) is 13.0 Å². The summed E-state index contributed by atoms with van der Waals surface area (Å²) < 4.78 is 7.35. The number of carbonyl (C=O) groups excluding carboxylic acids is 1. The number of aromatic nitrogens is 4. The molecule has 33 heavy (non-hydrogen) atoms. The quantitative estimate of drug-likeness (QED) is 0.484. The molecule has 2 N–H and O–H groups in total. The van der Waals surface area contributed by atoms with Gasteiger partial charge in [-0.25, -0.2) is 4.98 Å². The lowest BCUT2D eigenvalue weighted by molar-refractivity contribution is 0.102. The van der Waals surface area contributed by atoms with Gasteiger partial charge in [-0.05, 0) is 49.9 Å². The van der Waals surface area contributed by atoms with Gasteiger partial charge in [0, 0.05) is 49.6 Å². The number of aliphatic hydroxyl groups excluding tert-OH is 1. The van der Waals surface area contributed by atoms with Gasteiger partial charge in [-0.1, -0.05) is 0 Å². The zero-order chi connectivity index (χ0) is 22.9. The molecule has 3 aromatic heterocycles. The zero-order valence-electron chi connectivity index (χ0n) is 18.7. The van der Waals surface area contributed by atoms with E-state index >= 15 is 0 Å². The number of piperidine rings is 1. The van der Waals surface area contributed by atoms with Crippen molar-refractivity contribution in [3.05, 3.63) is 54.3 Å². The Labute approximate surface area is 191 Å². The third kappa shape index (κ3) is 4.19. The minimum Gasteiger partial charge on any atom is -0.444 e. The molecule has 0 unspecified atom stereocenters. The Hall–Kier alpha value is -3.72. The normalized spacial score (nSPS) is 14.7. The lowest BCUT2D eigenvalue weighted by atomic mass is 9.97. The van der Waals surface area contributed by atoms with Crippen molar-refractivity contribution in [2.75, 3.05) is 29.9 Å². The van der Waals surface area contributed by atoms with E-state index in [9.17, 15) is 9.90 Å². The van der Waals surface area contributed by atoms with Crippen LogP contribution in [0.25, 0.3) is 22.4 Å². The molecule has 5 rings (SSSR count). The number of hydrogen-bond donors (Lipinski definition) is 2. The SMILES string of the molecule is Cc1cc(-c2nc(C(=O)Nc3cc4c(cnn4C)cc3N3CCC(CO)CC3)co2)ccn1. The Morgan fingerprint density at radius 2 is 2.09 bits per heavy atom. The average molecular weight is 447 g/mol. The van der Waals surface area contributed by atoms with E-state index in [0.29, 0.717) is 17.5 Å². The van der Waals surface area contributed by atoms with Crippen molar-refractivity contribution < 1.29 is 14.3 Å². The first-order valence-electron chi connectivity index (χ1n) is 11.0. The van der Waals surface area contributed by atoms with E-state index in [1.807, 2.05) is 32.3 Å². The summed E-state index contributed by atoms with van der Waals surface area (Å²) in [5, 5.41) is 17.9. The highest BCUT2D eigenvalue weighted by Gasteiger charge is 2.23. The van der Waals surface area contributed by atoms with Gasteiger partial charge in [0.15, 0.2) is 5.69 Å². The van der Waals surface area contributed by atoms with Crippen molar-refractivity contribution >= 4 is 28.2 Å². The number of aliphatic hydroxyl groups is 1. The predicted octanol–water partition coefficient (Wildman–Crippen LogP) is 3.39. The first kappa shape index (κ1) is 21.1. The summed E-state index contributed by atoms with van der Waals surface area (Å²) in [7, 11) is 1.88. The second kappa shape index (κ2) is 8.67. The van der Waals surface area contributed by atoms with E-state index in [4.69, 9.17) is 4.42 Å². The van der Waals surface area contributed by atoms with Gasteiger partial charge in [0.05, 0.1) is 23.1 Å². The van der Waals surface area contributed by atoms with E-state index < -0.39 is 0 Å². The molecule has 1 aromatic carbocycles. The predicted molar refractivity (Wildman–Crippen MR) is 125 cm³/mol. The number of rotatable bonds is 5. The van der Waals surface area contributed by atoms with Crippen LogP contribution in [0.5, 0.6) is 0 Å². The van der Waals surface area contributed by atoms with Gasteiger partial charge in [0.1, 0.15) is 6.26 Å². The molecule has 0 radical (unpaired) electrons. The van der Waals surface area contributed by atoms with Gasteiger partial charge in [0.2, 0.25) is 5.89 Å². The van der Waals surface area contributed by atoms with E-state index in [1.54, 1.807) is 16.9 Å². The number of aryl methyl sites for hydroxylation is 2. The number of nitrogens with one attached hydrogen (secondary N) is 1. The fourth-order valence-corrected chi connectivity index (χ4v) is 4.28. The number of nitrogens with zero attached hydrogens (tertiary/aromatic N) is 5. The number of fused-ring (bicyclic) bond motifs is 1. The van der Waals surface area contributed by atoms with Gasteiger partial charge in [-0.15, -0.1) is 0 Å². The van der Waals surface area contributed by atoms with Gasteiger partial charge in [0.25, 0.3) is 5.91 Å². The van der Waals surface area contributed by atoms with Crippen LogP contribution in [-0.2, 0) is 7.05 Å². The maximum Gasteiger partial charge on any atom is 0.277 e. The minimum absolute atomic E-state index is 0.203. The molecular formula is C24H26N6O3. The highest BCUT2D eigenvalue weighted by molar-refractivity contribution is 6.06. The molecule has 1 aliphatic rings. The highest BCUT2D eigenvalue weighted by atomic mass is 16.3. The number of pyridine rings is 1. The molecular weight excluding hydrogens is 420 g/mol.